The Kier molecular flexibility index (Phi) is 8.20. The summed E-state index contributed by atoms with van der Waals surface area (Å²) in [4.78, 5) is 2.41. The Morgan fingerprint density at radius 3 is 2.48 bits per heavy atom. The molecule has 25 heavy (non-hydrogen) atoms. The van der Waals surface area contributed by atoms with Gasteiger partial charge in [0.1, 0.15) is 12.4 Å². The minimum Gasteiger partial charge on any atom is -0.491 e. The Morgan fingerprint density at radius 1 is 1.12 bits per heavy atom. The average Bonchev–Trinajstić information content (AvgIpc) is 2.58. The van der Waals surface area contributed by atoms with E-state index in [1.165, 1.54) is 24.8 Å². The number of aliphatic hydroxyl groups excluding tert-OH is 1. The molecule has 0 spiro atoms. The lowest BCUT2D eigenvalue weighted by Gasteiger charge is -2.40. The molecule has 3 atom stereocenters. The van der Waals surface area contributed by atoms with E-state index in [0.29, 0.717) is 44.4 Å². The van der Waals surface area contributed by atoms with Crippen LogP contribution in [0.1, 0.15) is 58.4 Å². The maximum absolute atomic E-state index is 10.3. The van der Waals surface area contributed by atoms with Gasteiger partial charge in [0, 0.05) is 18.6 Å². The number of hydrogen-bond donors (Lipinski definition) is 1. The van der Waals surface area contributed by atoms with Crippen LogP contribution in [0.4, 0.5) is 0 Å². The van der Waals surface area contributed by atoms with Crippen LogP contribution in [0.15, 0.2) is 24.3 Å². The van der Waals surface area contributed by atoms with Crippen LogP contribution in [0, 0.1) is 0 Å². The maximum atomic E-state index is 10.3. The molecule has 0 bridgehead atoms. The Hall–Kier alpha value is -1.10. The highest BCUT2D eigenvalue weighted by Gasteiger charge is 2.26. The topological polar surface area (TPSA) is 41.9 Å². The molecule has 1 aromatic carbocycles. The van der Waals surface area contributed by atoms with E-state index in [2.05, 4.69) is 38.7 Å². The third-order valence-electron chi connectivity index (χ3n) is 5.13. The molecule has 2 rings (SSSR count). The first-order valence-corrected chi connectivity index (χ1v) is 9.72. The van der Waals surface area contributed by atoms with Crippen LogP contribution in [0.5, 0.6) is 5.75 Å². The average molecular weight is 350 g/mol. The zero-order valence-corrected chi connectivity index (χ0v) is 16.3. The standard InChI is InChI=1S/C21H35NO3/c1-16(2)20-10-5-6-11-21(20)25-13-12-24-15-19(23)14-22-17(3)8-7-9-18(22)4/h5-6,10-11,16-19,23H,7-9,12-15H2,1-4H3/t17-,18-,19+/m1/s1. The highest BCUT2D eigenvalue weighted by Crippen LogP contribution is 2.25. The van der Waals surface area contributed by atoms with Gasteiger partial charge in [-0.15, -0.1) is 0 Å². The molecule has 1 fully saturated rings. The zero-order chi connectivity index (χ0) is 18.2. The smallest absolute Gasteiger partial charge is 0.122 e. The molecule has 0 saturated carbocycles. The summed E-state index contributed by atoms with van der Waals surface area (Å²) >= 11 is 0. The van der Waals surface area contributed by atoms with Gasteiger partial charge in [-0.2, -0.15) is 0 Å². The van der Waals surface area contributed by atoms with Gasteiger partial charge in [0.2, 0.25) is 0 Å². The molecule has 0 radical (unpaired) electrons. The summed E-state index contributed by atoms with van der Waals surface area (Å²) in [5.74, 6) is 1.37. The van der Waals surface area contributed by atoms with Gasteiger partial charge in [-0.25, -0.2) is 0 Å². The first kappa shape index (κ1) is 20.2. The predicted molar refractivity (Wildman–Crippen MR) is 102 cm³/mol. The minimum absolute atomic E-state index is 0.366. The Balaban J connectivity index is 1.66. The number of aliphatic hydroxyl groups is 1. The third-order valence-corrected chi connectivity index (χ3v) is 5.13. The van der Waals surface area contributed by atoms with Gasteiger partial charge in [0.25, 0.3) is 0 Å². The quantitative estimate of drug-likeness (QED) is 0.688. The highest BCUT2D eigenvalue weighted by molar-refractivity contribution is 5.35. The summed E-state index contributed by atoms with van der Waals surface area (Å²) in [6, 6.07) is 9.24. The molecule has 142 valence electrons. The molecule has 1 N–H and O–H groups in total. The van der Waals surface area contributed by atoms with Crippen molar-refractivity contribution in [3.05, 3.63) is 29.8 Å². The van der Waals surface area contributed by atoms with E-state index in [0.717, 1.165) is 5.75 Å². The van der Waals surface area contributed by atoms with Crippen molar-refractivity contribution in [1.29, 1.82) is 0 Å². The normalized spacial score (nSPS) is 23.0. The van der Waals surface area contributed by atoms with Gasteiger partial charge < -0.3 is 14.6 Å². The van der Waals surface area contributed by atoms with Gasteiger partial charge in [-0.05, 0) is 44.2 Å². The molecule has 4 nitrogen and oxygen atoms in total. The first-order chi connectivity index (χ1) is 12.0. The van der Waals surface area contributed by atoms with Crippen molar-refractivity contribution >= 4 is 0 Å². The van der Waals surface area contributed by atoms with Crippen molar-refractivity contribution in [1.82, 2.24) is 4.90 Å². The van der Waals surface area contributed by atoms with Crippen LogP contribution in [0.25, 0.3) is 0 Å². The van der Waals surface area contributed by atoms with Crippen LogP contribution < -0.4 is 4.74 Å². The van der Waals surface area contributed by atoms with Gasteiger partial charge in [-0.1, -0.05) is 38.5 Å². The number of likely N-dealkylation sites (tertiary alicyclic amines) is 1. The molecule has 1 saturated heterocycles. The van der Waals surface area contributed by atoms with Gasteiger partial charge in [0.05, 0.1) is 19.3 Å². The molecule has 1 aliphatic heterocycles. The summed E-state index contributed by atoms with van der Waals surface area (Å²) < 4.78 is 11.5. The second-order valence-electron chi connectivity index (χ2n) is 7.60. The van der Waals surface area contributed by atoms with Crippen LogP contribution >= 0.6 is 0 Å². The van der Waals surface area contributed by atoms with Crippen molar-refractivity contribution in [2.75, 3.05) is 26.4 Å². The number of hydrogen-bond acceptors (Lipinski definition) is 4. The van der Waals surface area contributed by atoms with E-state index in [1.54, 1.807) is 0 Å². The largest absolute Gasteiger partial charge is 0.491 e. The number of para-hydroxylation sites is 1. The molecule has 0 aromatic heterocycles. The number of rotatable bonds is 9. The summed E-state index contributed by atoms with van der Waals surface area (Å²) in [6.45, 7) is 10.9. The number of ether oxygens (including phenoxy) is 2. The van der Waals surface area contributed by atoms with Crippen molar-refractivity contribution < 1.29 is 14.6 Å². The van der Waals surface area contributed by atoms with Crippen molar-refractivity contribution in [2.24, 2.45) is 0 Å². The molecule has 1 aromatic rings. The van der Waals surface area contributed by atoms with E-state index >= 15 is 0 Å². The third kappa shape index (κ3) is 6.28. The number of piperidine rings is 1. The molecule has 4 heteroatoms. The van der Waals surface area contributed by atoms with E-state index < -0.39 is 6.10 Å². The molecular weight excluding hydrogens is 314 g/mol. The summed E-state index contributed by atoms with van der Waals surface area (Å²) in [7, 11) is 0. The SMILES string of the molecule is CC(C)c1ccccc1OCCOC[C@@H](O)CN1[C@H](C)CCC[C@H]1C. The fourth-order valence-corrected chi connectivity index (χ4v) is 3.65. The molecule has 0 aliphatic carbocycles. The second kappa shape index (κ2) is 10.1. The Morgan fingerprint density at radius 2 is 1.80 bits per heavy atom. The van der Waals surface area contributed by atoms with Crippen molar-refractivity contribution in [3.63, 3.8) is 0 Å². The predicted octanol–water partition coefficient (Wildman–Crippen LogP) is 3.83. The van der Waals surface area contributed by atoms with Crippen LogP contribution in [0.2, 0.25) is 0 Å². The molecule has 1 heterocycles. The molecule has 1 aliphatic rings. The van der Waals surface area contributed by atoms with Crippen LogP contribution in [-0.2, 0) is 4.74 Å². The Bertz CT molecular complexity index is 496. The van der Waals surface area contributed by atoms with E-state index in [1.807, 2.05) is 18.2 Å². The lowest BCUT2D eigenvalue weighted by molar-refractivity contribution is -0.0141. The monoisotopic (exact) mass is 349 g/mol. The number of β-amino-alcohol motifs (C(OH)–C–C–N with tert-alkyl or cyclic N) is 1. The van der Waals surface area contributed by atoms with Crippen molar-refractivity contribution in [2.45, 2.75) is 71.1 Å². The zero-order valence-electron chi connectivity index (χ0n) is 16.3. The first-order valence-electron chi connectivity index (χ1n) is 9.72. The second-order valence-corrected chi connectivity index (χ2v) is 7.60. The molecule has 0 amide bonds. The van der Waals surface area contributed by atoms with E-state index in [4.69, 9.17) is 9.47 Å². The number of benzene rings is 1. The summed E-state index contributed by atoms with van der Waals surface area (Å²) in [6.07, 6.45) is 3.30. The summed E-state index contributed by atoms with van der Waals surface area (Å²) in [5.41, 5.74) is 1.22. The number of nitrogens with zero attached hydrogens (tertiary/aromatic N) is 1. The maximum Gasteiger partial charge on any atom is 0.122 e. The van der Waals surface area contributed by atoms with E-state index in [-0.39, 0.29) is 0 Å². The highest BCUT2D eigenvalue weighted by atomic mass is 16.5. The van der Waals surface area contributed by atoms with Crippen molar-refractivity contribution in [3.8, 4) is 5.75 Å². The van der Waals surface area contributed by atoms with Crippen LogP contribution in [-0.4, -0.2) is 54.6 Å². The minimum atomic E-state index is -0.439. The van der Waals surface area contributed by atoms with Crippen LogP contribution in [0.3, 0.4) is 0 Å². The van der Waals surface area contributed by atoms with Gasteiger partial charge >= 0.3 is 0 Å². The van der Waals surface area contributed by atoms with Gasteiger partial charge in [0.15, 0.2) is 0 Å². The lowest BCUT2D eigenvalue weighted by Crippen LogP contribution is -2.48. The van der Waals surface area contributed by atoms with Gasteiger partial charge in [-0.3, -0.25) is 4.90 Å². The summed E-state index contributed by atoms with van der Waals surface area (Å²) in [5, 5.41) is 10.3. The lowest BCUT2D eigenvalue weighted by atomic mass is 9.97. The van der Waals surface area contributed by atoms with E-state index in [9.17, 15) is 5.11 Å². The molecular formula is C21H35NO3. The Labute approximate surface area is 153 Å². The fourth-order valence-electron chi connectivity index (χ4n) is 3.65. The fraction of sp³-hybridized carbons (Fsp3) is 0.714. The molecule has 0 unspecified atom stereocenters.